The van der Waals surface area contributed by atoms with Crippen LogP contribution in [0.15, 0.2) is 42.5 Å². The summed E-state index contributed by atoms with van der Waals surface area (Å²) < 4.78 is 4.99. The molecule has 23 heavy (non-hydrogen) atoms. The van der Waals surface area contributed by atoms with Crippen LogP contribution in [-0.4, -0.2) is 30.7 Å². The molecule has 122 valence electrons. The maximum absolute atomic E-state index is 12.3. The molecule has 0 heterocycles. The first kappa shape index (κ1) is 17.0. The predicted molar refractivity (Wildman–Crippen MR) is 88.1 cm³/mol. The predicted octanol–water partition coefficient (Wildman–Crippen LogP) is 2.75. The Labute approximate surface area is 135 Å². The Morgan fingerprint density at radius 1 is 1.17 bits per heavy atom. The van der Waals surface area contributed by atoms with Crippen LogP contribution in [0.2, 0.25) is 0 Å². The molecule has 1 unspecified atom stereocenters. The van der Waals surface area contributed by atoms with Crippen molar-refractivity contribution in [3.8, 4) is 0 Å². The van der Waals surface area contributed by atoms with Gasteiger partial charge in [-0.1, -0.05) is 49.4 Å². The molecule has 0 aromatic heterocycles. The molecule has 0 aliphatic carbocycles. The second-order valence-corrected chi connectivity index (χ2v) is 5.58. The van der Waals surface area contributed by atoms with E-state index in [1.807, 2.05) is 42.5 Å². The van der Waals surface area contributed by atoms with Crippen LogP contribution in [-0.2, 0) is 14.3 Å². The molecule has 2 atom stereocenters. The molecule has 0 aliphatic rings. The molecule has 0 saturated carbocycles. The lowest BCUT2D eigenvalue weighted by atomic mass is 9.96. The smallest absolute Gasteiger partial charge is 0.305 e. The Kier molecular flexibility index (Phi) is 5.71. The van der Waals surface area contributed by atoms with E-state index in [2.05, 4.69) is 5.32 Å². The number of fused-ring (bicyclic) bond motifs is 1. The van der Waals surface area contributed by atoms with Gasteiger partial charge in [0.2, 0.25) is 5.91 Å². The second kappa shape index (κ2) is 7.74. The van der Waals surface area contributed by atoms with E-state index in [9.17, 15) is 14.7 Å². The number of rotatable bonds is 7. The number of methoxy groups -OCH3 is 1. The van der Waals surface area contributed by atoms with Crippen molar-refractivity contribution in [1.82, 2.24) is 5.32 Å². The summed E-state index contributed by atoms with van der Waals surface area (Å²) in [4.78, 5) is 23.5. The Morgan fingerprint density at radius 3 is 2.57 bits per heavy atom. The zero-order valence-electron chi connectivity index (χ0n) is 13.3. The summed E-state index contributed by atoms with van der Waals surface area (Å²) in [6.45, 7) is 2.04. The van der Waals surface area contributed by atoms with Crippen LogP contribution >= 0.6 is 0 Å². The van der Waals surface area contributed by atoms with Crippen molar-refractivity contribution in [2.24, 2.45) is 5.92 Å². The van der Waals surface area contributed by atoms with Crippen molar-refractivity contribution in [2.45, 2.75) is 19.4 Å². The first-order valence-electron chi connectivity index (χ1n) is 7.51. The van der Waals surface area contributed by atoms with Crippen LogP contribution in [0.1, 0.15) is 24.9 Å². The number of amides is 1. The number of benzene rings is 2. The highest BCUT2D eigenvalue weighted by atomic mass is 16.5. The average molecular weight is 315 g/mol. The van der Waals surface area contributed by atoms with Crippen LogP contribution in [0.5, 0.6) is 0 Å². The van der Waals surface area contributed by atoms with Crippen molar-refractivity contribution >= 4 is 22.6 Å². The maximum atomic E-state index is 12.3. The van der Waals surface area contributed by atoms with Gasteiger partial charge in [0, 0.05) is 7.11 Å². The van der Waals surface area contributed by atoms with Gasteiger partial charge in [-0.3, -0.25) is 9.59 Å². The van der Waals surface area contributed by atoms with E-state index in [0.717, 1.165) is 16.3 Å². The number of ether oxygens (including phenoxy) is 1. The highest BCUT2D eigenvalue weighted by molar-refractivity contribution is 5.88. The Bertz CT molecular complexity index is 693. The first-order valence-corrected chi connectivity index (χ1v) is 7.51. The summed E-state index contributed by atoms with van der Waals surface area (Å²) in [7, 11) is 1.53. The highest BCUT2D eigenvalue weighted by Gasteiger charge is 2.22. The lowest BCUT2D eigenvalue weighted by Gasteiger charge is -2.21. The zero-order valence-corrected chi connectivity index (χ0v) is 13.3. The van der Waals surface area contributed by atoms with E-state index < -0.39 is 12.0 Å². The van der Waals surface area contributed by atoms with Crippen LogP contribution in [0.3, 0.4) is 0 Å². The summed E-state index contributed by atoms with van der Waals surface area (Å²) in [5.74, 6) is -1.51. The first-order chi connectivity index (χ1) is 11.0. The number of carboxylic acid groups (broad SMARTS) is 1. The van der Waals surface area contributed by atoms with Gasteiger partial charge in [-0.05, 0) is 16.3 Å². The Morgan fingerprint density at radius 2 is 1.87 bits per heavy atom. The van der Waals surface area contributed by atoms with E-state index in [1.54, 1.807) is 6.92 Å². The molecule has 0 radical (unpaired) electrons. The minimum Gasteiger partial charge on any atom is -0.481 e. The van der Waals surface area contributed by atoms with E-state index in [1.165, 1.54) is 7.11 Å². The van der Waals surface area contributed by atoms with Gasteiger partial charge in [-0.2, -0.15) is 0 Å². The summed E-state index contributed by atoms with van der Waals surface area (Å²) in [5, 5.41) is 14.0. The third kappa shape index (κ3) is 4.29. The molecule has 2 rings (SSSR count). The molecule has 0 saturated heterocycles. The normalized spacial score (nSPS) is 13.5. The van der Waals surface area contributed by atoms with Gasteiger partial charge in [0.1, 0.15) is 0 Å². The number of carbonyl (C=O) groups excluding carboxylic acids is 1. The summed E-state index contributed by atoms with van der Waals surface area (Å²) in [6.07, 6.45) is -0.167. The number of carbonyl (C=O) groups is 2. The van der Waals surface area contributed by atoms with Gasteiger partial charge >= 0.3 is 5.97 Å². The lowest BCUT2D eigenvalue weighted by molar-refractivity contribution is -0.138. The van der Waals surface area contributed by atoms with Crippen LogP contribution < -0.4 is 5.32 Å². The molecule has 2 aromatic carbocycles. The van der Waals surface area contributed by atoms with Crippen molar-refractivity contribution in [2.75, 3.05) is 13.7 Å². The fourth-order valence-electron chi connectivity index (χ4n) is 2.61. The van der Waals surface area contributed by atoms with Gasteiger partial charge in [-0.15, -0.1) is 0 Å². The Balaban J connectivity index is 2.34. The minimum absolute atomic E-state index is 0.167. The van der Waals surface area contributed by atoms with Crippen molar-refractivity contribution in [3.05, 3.63) is 48.0 Å². The van der Waals surface area contributed by atoms with Crippen molar-refractivity contribution < 1.29 is 19.4 Å². The molecular weight excluding hydrogens is 294 g/mol. The largest absolute Gasteiger partial charge is 0.481 e. The number of aliphatic carboxylic acids is 1. The maximum Gasteiger partial charge on any atom is 0.305 e. The number of hydrogen-bond donors (Lipinski definition) is 2. The van der Waals surface area contributed by atoms with Crippen molar-refractivity contribution in [3.63, 3.8) is 0 Å². The molecule has 0 fully saturated rings. The van der Waals surface area contributed by atoms with E-state index in [4.69, 9.17) is 4.74 Å². The standard InChI is InChI=1S/C18H21NO4/c1-12(11-23-2)18(22)19-16(10-17(20)21)15-9-5-7-13-6-3-4-8-14(13)15/h3-9,12,16H,10-11H2,1-2H3,(H,19,22)(H,20,21)/t12?,16-/m1/s1. The van der Waals surface area contributed by atoms with Gasteiger partial charge in [-0.25, -0.2) is 0 Å². The molecular formula is C18H21NO4. The van der Waals surface area contributed by atoms with Gasteiger partial charge in [0.15, 0.2) is 0 Å². The quantitative estimate of drug-likeness (QED) is 0.824. The molecule has 1 amide bonds. The molecule has 0 spiro atoms. The van der Waals surface area contributed by atoms with E-state index in [0.29, 0.717) is 6.61 Å². The van der Waals surface area contributed by atoms with E-state index >= 15 is 0 Å². The average Bonchev–Trinajstić information content (AvgIpc) is 2.53. The van der Waals surface area contributed by atoms with Gasteiger partial charge in [0.25, 0.3) is 0 Å². The van der Waals surface area contributed by atoms with Crippen molar-refractivity contribution in [1.29, 1.82) is 0 Å². The SMILES string of the molecule is COCC(C)C(=O)N[C@H](CC(=O)O)c1cccc2ccccc12. The van der Waals surface area contributed by atoms with Crippen LogP contribution in [0.4, 0.5) is 0 Å². The zero-order chi connectivity index (χ0) is 16.8. The van der Waals surface area contributed by atoms with Gasteiger partial charge < -0.3 is 15.2 Å². The molecule has 0 bridgehead atoms. The van der Waals surface area contributed by atoms with E-state index in [-0.39, 0.29) is 18.2 Å². The molecule has 5 heteroatoms. The molecule has 0 aliphatic heterocycles. The van der Waals surface area contributed by atoms with Crippen LogP contribution in [0, 0.1) is 5.92 Å². The summed E-state index contributed by atoms with van der Waals surface area (Å²) in [6, 6.07) is 12.8. The Hall–Kier alpha value is -2.40. The summed E-state index contributed by atoms with van der Waals surface area (Å²) in [5.41, 5.74) is 0.809. The topological polar surface area (TPSA) is 75.6 Å². The number of nitrogens with one attached hydrogen (secondary N) is 1. The fourth-order valence-corrected chi connectivity index (χ4v) is 2.61. The molecule has 5 nitrogen and oxygen atoms in total. The molecule has 2 N–H and O–H groups in total. The third-order valence-electron chi connectivity index (χ3n) is 3.76. The third-order valence-corrected chi connectivity index (χ3v) is 3.76. The van der Waals surface area contributed by atoms with Gasteiger partial charge in [0.05, 0.1) is 25.0 Å². The monoisotopic (exact) mass is 315 g/mol. The van der Waals surface area contributed by atoms with Crippen LogP contribution in [0.25, 0.3) is 10.8 Å². The number of hydrogen-bond acceptors (Lipinski definition) is 3. The number of carboxylic acids is 1. The lowest BCUT2D eigenvalue weighted by Crippen LogP contribution is -2.35. The minimum atomic E-state index is -0.956. The fraction of sp³-hybridized carbons (Fsp3) is 0.333. The highest BCUT2D eigenvalue weighted by Crippen LogP contribution is 2.26. The molecule has 2 aromatic rings. The summed E-state index contributed by atoms with van der Waals surface area (Å²) >= 11 is 0. The second-order valence-electron chi connectivity index (χ2n) is 5.58.